The molecule has 136 valence electrons. The van der Waals surface area contributed by atoms with E-state index in [1.807, 2.05) is 12.1 Å². The number of fused-ring (bicyclic) bond motifs is 5. The molecule has 2 saturated carbocycles. The normalized spacial score (nSPS) is 37.7. The Morgan fingerprint density at radius 3 is 2.88 bits per heavy atom. The molecule has 4 rings (SSSR count). The zero-order valence-corrected chi connectivity index (χ0v) is 16.3. The second-order valence-electron chi connectivity index (χ2n) is 8.64. The summed E-state index contributed by atoms with van der Waals surface area (Å²) in [5.41, 5.74) is 3.06. The highest BCUT2D eigenvalue weighted by molar-refractivity contribution is 9.09. The number of phenols is 1. The van der Waals surface area contributed by atoms with Crippen LogP contribution in [0.15, 0.2) is 18.2 Å². The summed E-state index contributed by atoms with van der Waals surface area (Å²) in [6, 6.07) is 5.94. The summed E-state index contributed by atoms with van der Waals surface area (Å²) in [5, 5.41) is 19.0. The molecule has 0 radical (unpaired) electrons. The lowest BCUT2D eigenvalue weighted by Gasteiger charge is -2.51. The van der Waals surface area contributed by atoms with E-state index in [0.29, 0.717) is 29.4 Å². The maximum Gasteiger partial charge on any atom is 0.304 e. The average Bonchev–Trinajstić information content (AvgIpc) is 2.91. The number of halogens is 1. The van der Waals surface area contributed by atoms with Crippen molar-refractivity contribution in [3.63, 3.8) is 0 Å². The standard InChI is InChI=1S/C21H27BrO3/c1-21-9-8-15-14-5-3-13(23)10-12(14)2-4-16(15)17(21)6-7-18(21)19(22)11-20(24)25/h3,5,10,15-19,23H,2,4,6-9,11H2,1H3,(H,24,25)/t15-,16-,17+,18?,19?,21+/m1/s1. The molecule has 3 aliphatic rings. The minimum absolute atomic E-state index is 0.0874. The van der Waals surface area contributed by atoms with Crippen LogP contribution in [0, 0.1) is 23.2 Å². The van der Waals surface area contributed by atoms with Crippen LogP contribution in [-0.4, -0.2) is 21.0 Å². The third-order valence-corrected chi connectivity index (χ3v) is 8.55. The van der Waals surface area contributed by atoms with Crippen molar-refractivity contribution < 1.29 is 15.0 Å². The molecule has 1 aromatic carbocycles. The summed E-state index contributed by atoms with van der Waals surface area (Å²) in [4.78, 5) is 11.3. The summed E-state index contributed by atoms with van der Waals surface area (Å²) in [5.74, 6) is 2.19. The van der Waals surface area contributed by atoms with Crippen molar-refractivity contribution in [1.82, 2.24) is 0 Å². The first-order chi connectivity index (χ1) is 11.9. The van der Waals surface area contributed by atoms with Gasteiger partial charge in [-0.1, -0.05) is 28.9 Å². The Morgan fingerprint density at radius 2 is 2.12 bits per heavy atom. The lowest BCUT2D eigenvalue weighted by Crippen LogP contribution is -2.44. The van der Waals surface area contributed by atoms with Crippen molar-refractivity contribution in [2.45, 2.75) is 62.6 Å². The number of phenolic OH excluding ortho intramolecular Hbond substituents is 1. The molecule has 0 spiro atoms. The quantitative estimate of drug-likeness (QED) is 0.686. The predicted molar refractivity (Wildman–Crippen MR) is 101 cm³/mol. The number of rotatable bonds is 3. The topological polar surface area (TPSA) is 57.5 Å². The van der Waals surface area contributed by atoms with Gasteiger partial charge in [-0.05, 0) is 90.9 Å². The van der Waals surface area contributed by atoms with Crippen LogP contribution in [0.25, 0.3) is 0 Å². The molecule has 2 N–H and O–H groups in total. The number of carboxylic acids is 1. The van der Waals surface area contributed by atoms with Crippen LogP contribution in [-0.2, 0) is 11.2 Å². The van der Waals surface area contributed by atoms with E-state index in [1.165, 1.54) is 36.8 Å². The average molecular weight is 407 g/mol. The molecule has 6 atom stereocenters. The molecule has 4 heteroatoms. The van der Waals surface area contributed by atoms with Gasteiger partial charge in [0.1, 0.15) is 5.75 Å². The third kappa shape index (κ3) is 2.81. The van der Waals surface area contributed by atoms with E-state index in [-0.39, 0.29) is 16.7 Å². The minimum Gasteiger partial charge on any atom is -0.508 e. The fraction of sp³-hybridized carbons (Fsp3) is 0.667. The molecule has 25 heavy (non-hydrogen) atoms. The van der Waals surface area contributed by atoms with Gasteiger partial charge in [0.25, 0.3) is 0 Å². The third-order valence-electron chi connectivity index (χ3n) is 7.59. The van der Waals surface area contributed by atoms with Crippen molar-refractivity contribution in [3.05, 3.63) is 29.3 Å². The molecule has 1 aromatic rings. The predicted octanol–water partition coefficient (Wildman–Crippen LogP) is 5.10. The van der Waals surface area contributed by atoms with E-state index in [2.05, 4.69) is 28.9 Å². The highest BCUT2D eigenvalue weighted by Crippen LogP contribution is 2.64. The van der Waals surface area contributed by atoms with E-state index in [4.69, 9.17) is 0 Å². The number of alkyl halides is 1. The number of hydrogen-bond donors (Lipinski definition) is 2. The van der Waals surface area contributed by atoms with E-state index < -0.39 is 5.97 Å². The van der Waals surface area contributed by atoms with Gasteiger partial charge in [0, 0.05) is 4.83 Å². The molecule has 0 aromatic heterocycles. The zero-order chi connectivity index (χ0) is 17.8. The van der Waals surface area contributed by atoms with Gasteiger partial charge in [0.15, 0.2) is 0 Å². The highest BCUT2D eigenvalue weighted by Gasteiger charge is 2.56. The second kappa shape index (κ2) is 6.29. The van der Waals surface area contributed by atoms with Gasteiger partial charge in [-0.15, -0.1) is 0 Å². The molecular formula is C21H27BrO3. The van der Waals surface area contributed by atoms with Gasteiger partial charge in [0.05, 0.1) is 6.42 Å². The first-order valence-electron chi connectivity index (χ1n) is 9.58. The van der Waals surface area contributed by atoms with Crippen molar-refractivity contribution >= 4 is 21.9 Å². The molecule has 3 aliphatic carbocycles. The number of carboxylic acid groups (broad SMARTS) is 1. The smallest absolute Gasteiger partial charge is 0.304 e. The highest BCUT2D eigenvalue weighted by atomic mass is 79.9. The van der Waals surface area contributed by atoms with Gasteiger partial charge < -0.3 is 10.2 Å². The molecule has 3 nitrogen and oxygen atoms in total. The van der Waals surface area contributed by atoms with E-state index >= 15 is 0 Å². The number of aromatic hydroxyl groups is 1. The molecule has 2 fully saturated rings. The monoisotopic (exact) mass is 406 g/mol. The Balaban J connectivity index is 1.60. The Kier molecular flexibility index (Phi) is 4.38. The summed E-state index contributed by atoms with van der Waals surface area (Å²) in [6.07, 6.45) is 7.26. The summed E-state index contributed by atoms with van der Waals surface area (Å²) in [7, 11) is 0. The maximum absolute atomic E-state index is 11.2. The Hall–Kier alpha value is -1.03. The molecule has 0 heterocycles. The van der Waals surface area contributed by atoms with Crippen LogP contribution in [0.3, 0.4) is 0 Å². The molecule has 2 unspecified atom stereocenters. The summed E-state index contributed by atoms with van der Waals surface area (Å²) in [6.45, 7) is 2.42. The van der Waals surface area contributed by atoms with Gasteiger partial charge in [-0.3, -0.25) is 4.79 Å². The van der Waals surface area contributed by atoms with Gasteiger partial charge in [0.2, 0.25) is 0 Å². The maximum atomic E-state index is 11.2. The van der Waals surface area contributed by atoms with Crippen molar-refractivity contribution in [1.29, 1.82) is 0 Å². The van der Waals surface area contributed by atoms with Crippen molar-refractivity contribution in [3.8, 4) is 5.75 Å². The number of aliphatic carboxylic acids is 1. The molecular weight excluding hydrogens is 380 g/mol. The first kappa shape index (κ1) is 17.4. The lowest BCUT2D eigenvalue weighted by molar-refractivity contribution is -0.137. The van der Waals surface area contributed by atoms with Crippen LogP contribution < -0.4 is 0 Å². The van der Waals surface area contributed by atoms with Crippen LogP contribution >= 0.6 is 15.9 Å². The number of hydrogen-bond acceptors (Lipinski definition) is 2. The lowest BCUT2D eigenvalue weighted by atomic mass is 9.54. The van der Waals surface area contributed by atoms with Crippen molar-refractivity contribution in [2.24, 2.45) is 23.2 Å². The molecule has 0 bridgehead atoms. The zero-order valence-electron chi connectivity index (χ0n) is 14.7. The van der Waals surface area contributed by atoms with Gasteiger partial charge in [-0.2, -0.15) is 0 Å². The number of aryl methyl sites for hydroxylation is 1. The number of carbonyl (C=O) groups is 1. The Labute approximate surface area is 158 Å². The van der Waals surface area contributed by atoms with Crippen LogP contribution in [0.4, 0.5) is 0 Å². The molecule has 0 saturated heterocycles. The Bertz CT molecular complexity index is 688. The number of benzene rings is 1. The first-order valence-corrected chi connectivity index (χ1v) is 10.5. The minimum atomic E-state index is -0.700. The largest absolute Gasteiger partial charge is 0.508 e. The van der Waals surface area contributed by atoms with E-state index in [9.17, 15) is 15.0 Å². The van der Waals surface area contributed by atoms with E-state index in [0.717, 1.165) is 12.8 Å². The molecule has 0 amide bonds. The Morgan fingerprint density at radius 1 is 1.32 bits per heavy atom. The summed E-state index contributed by atoms with van der Waals surface area (Å²) >= 11 is 3.72. The summed E-state index contributed by atoms with van der Waals surface area (Å²) < 4.78 is 0. The van der Waals surface area contributed by atoms with Crippen LogP contribution in [0.2, 0.25) is 0 Å². The molecule has 0 aliphatic heterocycles. The van der Waals surface area contributed by atoms with Crippen molar-refractivity contribution in [2.75, 3.05) is 0 Å². The SMILES string of the molecule is C[C@]12CC[C@@H]3c4ccc(O)cc4CC[C@H]3[C@@H]1CCC2C(Br)CC(=O)O. The van der Waals surface area contributed by atoms with E-state index in [1.54, 1.807) is 0 Å². The van der Waals surface area contributed by atoms with Gasteiger partial charge >= 0.3 is 5.97 Å². The fourth-order valence-corrected chi connectivity index (χ4v) is 7.66. The van der Waals surface area contributed by atoms with Gasteiger partial charge in [-0.25, -0.2) is 0 Å². The fourth-order valence-electron chi connectivity index (χ4n) is 6.51. The van der Waals surface area contributed by atoms with Crippen LogP contribution in [0.5, 0.6) is 5.75 Å². The van der Waals surface area contributed by atoms with Crippen LogP contribution in [0.1, 0.15) is 62.5 Å². The second-order valence-corrected chi connectivity index (χ2v) is 9.82.